The first-order valence-corrected chi connectivity index (χ1v) is 8.64. The van der Waals surface area contributed by atoms with Gasteiger partial charge < -0.3 is 20.1 Å². The molecule has 25 heavy (non-hydrogen) atoms. The van der Waals surface area contributed by atoms with Crippen molar-refractivity contribution in [2.24, 2.45) is 0 Å². The molecule has 1 unspecified atom stereocenters. The molecule has 7 nitrogen and oxygen atoms in total. The topological polar surface area (TPSA) is 82.1 Å². The number of aliphatic hydroxyl groups is 1. The van der Waals surface area contributed by atoms with Gasteiger partial charge in [0.2, 0.25) is 5.91 Å². The third-order valence-electron chi connectivity index (χ3n) is 4.81. The van der Waals surface area contributed by atoms with Gasteiger partial charge in [0, 0.05) is 32.7 Å². The predicted molar refractivity (Wildman–Crippen MR) is 92.0 cm³/mol. The molecule has 0 spiro atoms. The van der Waals surface area contributed by atoms with Gasteiger partial charge in [0.05, 0.1) is 13.7 Å². The van der Waals surface area contributed by atoms with Gasteiger partial charge in [-0.15, -0.1) is 0 Å². The van der Waals surface area contributed by atoms with Crippen LogP contribution in [-0.4, -0.2) is 72.2 Å². The minimum atomic E-state index is -1.42. The second kappa shape index (κ2) is 7.41. The highest BCUT2D eigenvalue weighted by atomic mass is 16.5. The number of β-amino-alcohol motifs (C(OH)–C–C–N with tert-alkyl or cyclic N) is 1. The number of amides is 2. The molecule has 2 N–H and O–H groups in total. The largest absolute Gasteiger partial charge is 0.497 e. The first-order valence-electron chi connectivity index (χ1n) is 8.64. The number of rotatable bonds is 5. The van der Waals surface area contributed by atoms with Gasteiger partial charge in [-0.2, -0.15) is 0 Å². The zero-order valence-corrected chi connectivity index (χ0v) is 14.5. The van der Waals surface area contributed by atoms with E-state index < -0.39 is 5.60 Å². The molecule has 1 atom stereocenters. The quantitative estimate of drug-likeness (QED) is 0.782. The van der Waals surface area contributed by atoms with Gasteiger partial charge in [0.25, 0.3) is 5.91 Å². The summed E-state index contributed by atoms with van der Waals surface area (Å²) in [6, 6.07) is 7.59. The van der Waals surface area contributed by atoms with Gasteiger partial charge in [-0.05, 0) is 30.5 Å². The minimum absolute atomic E-state index is 0.0636. The van der Waals surface area contributed by atoms with E-state index in [1.165, 1.54) is 0 Å². The number of piperazine rings is 1. The Hall–Kier alpha value is -2.12. The van der Waals surface area contributed by atoms with E-state index in [1.807, 2.05) is 29.2 Å². The summed E-state index contributed by atoms with van der Waals surface area (Å²) in [6.07, 6.45) is 1.17. The number of hydrogen-bond acceptors (Lipinski definition) is 5. The fraction of sp³-hybridized carbons (Fsp3) is 0.556. The van der Waals surface area contributed by atoms with E-state index in [1.54, 1.807) is 12.0 Å². The molecular weight excluding hydrogens is 322 g/mol. The number of likely N-dealkylation sites (tertiary alicyclic amines) is 1. The highest BCUT2D eigenvalue weighted by Crippen LogP contribution is 2.26. The van der Waals surface area contributed by atoms with Crippen molar-refractivity contribution in [1.29, 1.82) is 0 Å². The number of piperidine rings is 1. The van der Waals surface area contributed by atoms with E-state index in [2.05, 4.69) is 5.32 Å². The Bertz CT molecular complexity index is 651. The number of nitrogens with one attached hydrogen (secondary N) is 1. The fourth-order valence-corrected chi connectivity index (χ4v) is 3.55. The SMILES string of the molecule is COc1cccc(CN2CCCC(O)(CN3CCNC(=O)C3)C2=O)c1. The average Bonchev–Trinajstić information content (AvgIpc) is 2.59. The van der Waals surface area contributed by atoms with Crippen molar-refractivity contribution in [1.82, 2.24) is 15.1 Å². The summed E-state index contributed by atoms with van der Waals surface area (Å²) in [5, 5.41) is 13.7. The summed E-state index contributed by atoms with van der Waals surface area (Å²) >= 11 is 0. The van der Waals surface area contributed by atoms with Gasteiger partial charge in [-0.25, -0.2) is 0 Å². The van der Waals surface area contributed by atoms with Gasteiger partial charge in [0.15, 0.2) is 5.60 Å². The van der Waals surface area contributed by atoms with Gasteiger partial charge in [-0.3, -0.25) is 14.5 Å². The number of methoxy groups -OCH3 is 1. The molecule has 136 valence electrons. The van der Waals surface area contributed by atoms with Crippen molar-refractivity contribution in [3.05, 3.63) is 29.8 Å². The van der Waals surface area contributed by atoms with E-state index >= 15 is 0 Å². The van der Waals surface area contributed by atoms with Crippen molar-refractivity contribution in [3.63, 3.8) is 0 Å². The lowest BCUT2D eigenvalue weighted by atomic mass is 9.90. The summed E-state index contributed by atoms with van der Waals surface area (Å²) < 4.78 is 5.23. The Balaban J connectivity index is 1.68. The predicted octanol–water partition coefficient (Wildman–Crippen LogP) is -0.0195. The Labute approximate surface area is 147 Å². The van der Waals surface area contributed by atoms with Crippen LogP contribution < -0.4 is 10.1 Å². The molecule has 1 aromatic carbocycles. The van der Waals surface area contributed by atoms with Crippen molar-refractivity contribution in [2.75, 3.05) is 39.8 Å². The molecule has 2 heterocycles. The lowest BCUT2D eigenvalue weighted by molar-refractivity contribution is -0.161. The van der Waals surface area contributed by atoms with E-state index in [0.717, 1.165) is 17.7 Å². The van der Waals surface area contributed by atoms with E-state index in [4.69, 9.17) is 4.74 Å². The molecule has 2 fully saturated rings. The zero-order valence-electron chi connectivity index (χ0n) is 14.5. The van der Waals surface area contributed by atoms with Crippen molar-refractivity contribution >= 4 is 11.8 Å². The maximum absolute atomic E-state index is 12.9. The average molecular weight is 347 g/mol. The number of hydrogen-bond donors (Lipinski definition) is 2. The van der Waals surface area contributed by atoms with E-state index in [9.17, 15) is 14.7 Å². The number of carbonyl (C=O) groups is 2. The van der Waals surface area contributed by atoms with Crippen LogP contribution in [0.25, 0.3) is 0 Å². The van der Waals surface area contributed by atoms with Crippen LogP contribution in [0.5, 0.6) is 5.75 Å². The molecule has 0 aliphatic carbocycles. The lowest BCUT2D eigenvalue weighted by Gasteiger charge is -2.41. The molecule has 1 aromatic rings. The molecule has 0 saturated carbocycles. The van der Waals surface area contributed by atoms with Crippen molar-refractivity contribution in [2.45, 2.75) is 25.0 Å². The highest BCUT2D eigenvalue weighted by molar-refractivity contribution is 5.86. The monoisotopic (exact) mass is 347 g/mol. The molecule has 0 radical (unpaired) electrons. The Morgan fingerprint density at radius 1 is 1.32 bits per heavy atom. The van der Waals surface area contributed by atoms with Gasteiger partial charge in [0.1, 0.15) is 5.75 Å². The molecule has 2 saturated heterocycles. The molecule has 0 aromatic heterocycles. The van der Waals surface area contributed by atoms with Gasteiger partial charge >= 0.3 is 0 Å². The standard InChI is InChI=1S/C18H25N3O4/c1-25-15-5-2-4-14(10-15)11-21-8-3-6-18(24,17(21)23)13-20-9-7-19-16(22)12-20/h2,4-5,10,24H,3,6-9,11-13H2,1H3,(H,19,22). The number of nitrogens with zero attached hydrogens (tertiary/aromatic N) is 2. The van der Waals surface area contributed by atoms with E-state index in [0.29, 0.717) is 32.6 Å². The normalized spacial score (nSPS) is 25.0. The second-order valence-electron chi connectivity index (χ2n) is 6.77. The minimum Gasteiger partial charge on any atom is -0.497 e. The first kappa shape index (κ1) is 17.7. The second-order valence-corrected chi connectivity index (χ2v) is 6.77. The summed E-state index contributed by atoms with van der Waals surface area (Å²) in [4.78, 5) is 28.0. The number of carbonyl (C=O) groups excluding carboxylic acids is 2. The maximum Gasteiger partial charge on any atom is 0.256 e. The zero-order chi connectivity index (χ0) is 17.9. The third kappa shape index (κ3) is 4.11. The van der Waals surface area contributed by atoms with Crippen molar-refractivity contribution < 1.29 is 19.4 Å². The maximum atomic E-state index is 12.9. The number of benzene rings is 1. The van der Waals surface area contributed by atoms with Crippen LogP contribution in [0.3, 0.4) is 0 Å². The Morgan fingerprint density at radius 3 is 2.92 bits per heavy atom. The van der Waals surface area contributed by atoms with Crippen LogP contribution in [0.2, 0.25) is 0 Å². The van der Waals surface area contributed by atoms with Crippen LogP contribution in [-0.2, 0) is 16.1 Å². The molecule has 2 aliphatic rings. The van der Waals surface area contributed by atoms with Crippen LogP contribution in [0.15, 0.2) is 24.3 Å². The summed E-state index contributed by atoms with van der Waals surface area (Å²) in [6.45, 7) is 2.70. The van der Waals surface area contributed by atoms with E-state index in [-0.39, 0.29) is 24.9 Å². The summed E-state index contributed by atoms with van der Waals surface area (Å²) in [7, 11) is 1.61. The molecule has 7 heteroatoms. The molecule has 2 aliphatic heterocycles. The third-order valence-corrected chi connectivity index (χ3v) is 4.81. The smallest absolute Gasteiger partial charge is 0.256 e. The summed E-state index contributed by atoms with van der Waals surface area (Å²) in [5.41, 5.74) is -0.455. The molecular formula is C18H25N3O4. The highest BCUT2D eigenvalue weighted by Gasteiger charge is 2.43. The number of ether oxygens (including phenoxy) is 1. The Morgan fingerprint density at radius 2 is 2.16 bits per heavy atom. The van der Waals surface area contributed by atoms with Crippen LogP contribution in [0, 0.1) is 0 Å². The lowest BCUT2D eigenvalue weighted by Crippen LogP contribution is -2.60. The first-order chi connectivity index (χ1) is 12.0. The summed E-state index contributed by atoms with van der Waals surface area (Å²) in [5.74, 6) is 0.426. The van der Waals surface area contributed by atoms with Crippen LogP contribution in [0.1, 0.15) is 18.4 Å². The van der Waals surface area contributed by atoms with Crippen molar-refractivity contribution in [3.8, 4) is 5.75 Å². The fourth-order valence-electron chi connectivity index (χ4n) is 3.55. The van der Waals surface area contributed by atoms with Crippen LogP contribution in [0.4, 0.5) is 0 Å². The van der Waals surface area contributed by atoms with Crippen LogP contribution >= 0.6 is 0 Å². The molecule has 3 rings (SSSR count). The molecule has 2 amide bonds. The molecule has 0 bridgehead atoms. The van der Waals surface area contributed by atoms with Gasteiger partial charge in [-0.1, -0.05) is 12.1 Å². The Kier molecular flexibility index (Phi) is 5.24.